The van der Waals surface area contributed by atoms with Crippen molar-refractivity contribution in [2.24, 2.45) is 0 Å². The summed E-state index contributed by atoms with van der Waals surface area (Å²) in [6.07, 6.45) is 0. The fourth-order valence-corrected chi connectivity index (χ4v) is 1.97. The monoisotopic (exact) mass is 275 g/mol. The van der Waals surface area contributed by atoms with E-state index in [-0.39, 0.29) is 11.7 Å². The van der Waals surface area contributed by atoms with Crippen LogP contribution in [0, 0.1) is 6.92 Å². The van der Waals surface area contributed by atoms with Crippen molar-refractivity contribution in [3.8, 4) is 0 Å². The first kappa shape index (κ1) is 11.8. The molecule has 1 amide bonds. The minimum Gasteiger partial charge on any atom is -0.451 e. The van der Waals surface area contributed by atoms with Crippen molar-refractivity contribution in [3.63, 3.8) is 0 Å². The number of anilines is 1. The quantitative estimate of drug-likeness (QED) is 0.753. The second-order valence-electron chi connectivity index (χ2n) is 4.18. The summed E-state index contributed by atoms with van der Waals surface area (Å²) in [5.41, 5.74) is 1.49. The SMILES string of the molecule is Cc1cc(NC(=O)c2cc3cc(Cl)ccc3o2)n[nH]1. The van der Waals surface area contributed by atoms with E-state index in [0.717, 1.165) is 11.1 Å². The van der Waals surface area contributed by atoms with E-state index in [0.29, 0.717) is 16.4 Å². The van der Waals surface area contributed by atoms with Crippen molar-refractivity contribution < 1.29 is 9.21 Å². The van der Waals surface area contributed by atoms with E-state index in [9.17, 15) is 4.79 Å². The van der Waals surface area contributed by atoms with E-state index in [1.165, 1.54) is 0 Å². The van der Waals surface area contributed by atoms with Crippen LogP contribution in [0.1, 0.15) is 16.2 Å². The highest BCUT2D eigenvalue weighted by Gasteiger charge is 2.13. The number of halogens is 1. The molecule has 0 atom stereocenters. The molecule has 0 saturated carbocycles. The van der Waals surface area contributed by atoms with Crippen LogP contribution in [0.5, 0.6) is 0 Å². The van der Waals surface area contributed by atoms with Gasteiger partial charge in [0.1, 0.15) is 5.58 Å². The number of nitrogens with zero attached hydrogens (tertiary/aromatic N) is 1. The van der Waals surface area contributed by atoms with E-state index >= 15 is 0 Å². The highest BCUT2D eigenvalue weighted by atomic mass is 35.5. The molecule has 0 unspecified atom stereocenters. The minimum absolute atomic E-state index is 0.220. The van der Waals surface area contributed by atoms with Gasteiger partial charge in [-0.05, 0) is 31.2 Å². The number of nitrogens with one attached hydrogen (secondary N) is 2. The lowest BCUT2D eigenvalue weighted by Gasteiger charge is -1.96. The van der Waals surface area contributed by atoms with Gasteiger partial charge in [0.2, 0.25) is 0 Å². The molecule has 0 aliphatic heterocycles. The molecule has 96 valence electrons. The van der Waals surface area contributed by atoms with Crippen LogP contribution in [0.4, 0.5) is 5.82 Å². The molecule has 6 heteroatoms. The molecule has 3 aromatic rings. The Kier molecular flexibility index (Phi) is 2.76. The zero-order valence-electron chi connectivity index (χ0n) is 10.0. The molecule has 0 aliphatic rings. The third-order valence-corrected chi connectivity index (χ3v) is 2.88. The van der Waals surface area contributed by atoms with E-state index < -0.39 is 0 Å². The van der Waals surface area contributed by atoms with Gasteiger partial charge in [-0.3, -0.25) is 9.89 Å². The van der Waals surface area contributed by atoms with Gasteiger partial charge in [-0.1, -0.05) is 11.6 Å². The molecule has 0 saturated heterocycles. The van der Waals surface area contributed by atoms with E-state index in [2.05, 4.69) is 15.5 Å². The van der Waals surface area contributed by atoms with Gasteiger partial charge in [0, 0.05) is 22.2 Å². The van der Waals surface area contributed by atoms with Crippen molar-refractivity contribution in [2.45, 2.75) is 6.92 Å². The van der Waals surface area contributed by atoms with Crippen LogP contribution in [0.25, 0.3) is 11.0 Å². The van der Waals surface area contributed by atoms with Crippen molar-refractivity contribution in [2.75, 3.05) is 5.32 Å². The summed E-state index contributed by atoms with van der Waals surface area (Å²) in [6.45, 7) is 1.85. The first-order valence-corrected chi connectivity index (χ1v) is 6.02. The average molecular weight is 276 g/mol. The summed E-state index contributed by atoms with van der Waals surface area (Å²) in [4.78, 5) is 12.0. The number of aromatic nitrogens is 2. The van der Waals surface area contributed by atoms with Crippen LogP contribution in [-0.2, 0) is 0 Å². The lowest BCUT2D eigenvalue weighted by Crippen LogP contribution is -2.10. The number of furan rings is 1. The van der Waals surface area contributed by atoms with E-state index in [1.54, 1.807) is 30.3 Å². The Morgan fingerprint density at radius 1 is 1.37 bits per heavy atom. The van der Waals surface area contributed by atoms with Gasteiger partial charge in [-0.15, -0.1) is 0 Å². The molecule has 2 aromatic heterocycles. The molecule has 3 rings (SSSR count). The Hall–Kier alpha value is -2.27. The van der Waals surface area contributed by atoms with Crippen LogP contribution in [0.2, 0.25) is 5.02 Å². The molecule has 5 nitrogen and oxygen atoms in total. The molecule has 0 fully saturated rings. The maximum Gasteiger partial charge on any atom is 0.292 e. The Morgan fingerprint density at radius 2 is 2.21 bits per heavy atom. The van der Waals surface area contributed by atoms with Crippen molar-refractivity contribution in [1.82, 2.24) is 10.2 Å². The molecular formula is C13H10ClN3O2. The van der Waals surface area contributed by atoms with Gasteiger partial charge >= 0.3 is 0 Å². The van der Waals surface area contributed by atoms with Gasteiger partial charge in [-0.25, -0.2) is 0 Å². The maximum absolute atomic E-state index is 12.0. The second kappa shape index (κ2) is 4.44. The number of aromatic amines is 1. The minimum atomic E-state index is -0.348. The third-order valence-electron chi connectivity index (χ3n) is 2.65. The lowest BCUT2D eigenvalue weighted by molar-refractivity contribution is 0.0998. The van der Waals surface area contributed by atoms with Crippen LogP contribution < -0.4 is 5.32 Å². The topological polar surface area (TPSA) is 70.9 Å². The molecule has 1 aromatic carbocycles. The highest BCUT2D eigenvalue weighted by Crippen LogP contribution is 2.23. The van der Waals surface area contributed by atoms with Crippen LogP contribution in [0.3, 0.4) is 0 Å². The average Bonchev–Trinajstić information content (AvgIpc) is 2.95. The van der Waals surface area contributed by atoms with Crippen LogP contribution >= 0.6 is 11.6 Å². The highest BCUT2D eigenvalue weighted by molar-refractivity contribution is 6.31. The van der Waals surface area contributed by atoms with Gasteiger partial charge in [0.15, 0.2) is 11.6 Å². The number of rotatable bonds is 2. The third kappa shape index (κ3) is 2.32. The van der Waals surface area contributed by atoms with E-state index in [1.807, 2.05) is 6.92 Å². The molecule has 2 heterocycles. The number of H-pyrrole nitrogens is 1. The van der Waals surface area contributed by atoms with Gasteiger partial charge in [0.05, 0.1) is 0 Å². The summed E-state index contributed by atoms with van der Waals surface area (Å²) >= 11 is 5.88. The summed E-state index contributed by atoms with van der Waals surface area (Å²) < 4.78 is 5.46. The second-order valence-corrected chi connectivity index (χ2v) is 4.62. The molecule has 0 bridgehead atoms. The smallest absolute Gasteiger partial charge is 0.292 e. The first-order valence-electron chi connectivity index (χ1n) is 5.64. The molecule has 0 aliphatic carbocycles. The number of hydrogen-bond acceptors (Lipinski definition) is 3. The zero-order chi connectivity index (χ0) is 13.4. The fourth-order valence-electron chi connectivity index (χ4n) is 1.79. The van der Waals surface area contributed by atoms with Crippen LogP contribution in [0.15, 0.2) is 34.7 Å². The Balaban J connectivity index is 1.89. The predicted molar refractivity (Wildman–Crippen MR) is 72.5 cm³/mol. The lowest BCUT2D eigenvalue weighted by atomic mass is 10.2. The number of benzene rings is 1. The molecule has 0 spiro atoms. The Morgan fingerprint density at radius 3 is 2.95 bits per heavy atom. The number of amides is 1. The van der Waals surface area contributed by atoms with Gasteiger partial charge < -0.3 is 9.73 Å². The number of hydrogen-bond donors (Lipinski definition) is 2. The van der Waals surface area contributed by atoms with Crippen LogP contribution in [-0.4, -0.2) is 16.1 Å². The molecule has 0 radical (unpaired) electrons. The van der Waals surface area contributed by atoms with Gasteiger partial charge in [-0.2, -0.15) is 5.10 Å². The Bertz CT molecular complexity index is 760. The zero-order valence-corrected chi connectivity index (χ0v) is 10.8. The van der Waals surface area contributed by atoms with E-state index in [4.69, 9.17) is 16.0 Å². The molecular weight excluding hydrogens is 266 g/mol. The number of fused-ring (bicyclic) bond motifs is 1. The maximum atomic E-state index is 12.0. The number of carbonyl (C=O) groups is 1. The summed E-state index contributed by atoms with van der Waals surface area (Å²) in [5, 5.41) is 10.7. The first-order chi connectivity index (χ1) is 9.11. The van der Waals surface area contributed by atoms with Crippen molar-refractivity contribution in [3.05, 3.63) is 46.8 Å². The predicted octanol–water partition coefficient (Wildman–Crippen LogP) is 3.37. The number of carbonyl (C=O) groups excluding carboxylic acids is 1. The molecule has 19 heavy (non-hydrogen) atoms. The largest absolute Gasteiger partial charge is 0.451 e. The van der Waals surface area contributed by atoms with Gasteiger partial charge in [0.25, 0.3) is 5.91 Å². The fraction of sp³-hybridized carbons (Fsp3) is 0.0769. The standard InChI is InChI=1S/C13H10ClN3O2/c1-7-4-12(17-16-7)15-13(18)11-6-8-5-9(14)2-3-10(8)19-11/h2-6H,1H3,(H2,15,16,17,18). The number of aryl methyl sites for hydroxylation is 1. The Labute approximate surface area is 113 Å². The summed E-state index contributed by atoms with van der Waals surface area (Å²) in [6, 6.07) is 8.57. The molecule has 2 N–H and O–H groups in total. The summed E-state index contributed by atoms with van der Waals surface area (Å²) in [7, 11) is 0. The normalized spacial score (nSPS) is 10.8. The van der Waals surface area contributed by atoms with Crippen molar-refractivity contribution >= 4 is 34.3 Å². The summed E-state index contributed by atoms with van der Waals surface area (Å²) in [5.74, 6) is 0.331. The van der Waals surface area contributed by atoms with Crippen molar-refractivity contribution in [1.29, 1.82) is 0 Å².